The number of ether oxygens (including phenoxy) is 2. The van der Waals surface area contributed by atoms with Gasteiger partial charge < -0.3 is 14.8 Å². The minimum atomic E-state index is -0.0933. The number of piperidine rings is 1. The summed E-state index contributed by atoms with van der Waals surface area (Å²) >= 11 is 0. The second-order valence-corrected chi connectivity index (χ2v) is 3.20. The summed E-state index contributed by atoms with van der Waals surface area (Å²) in [5, 5.41) is 3.17. The highest BCUT2D eigenvalue weighted by molar-refractivity contribution is 5.72. The maximum atomic E-state index is 11.4. The van der Waals surface area contributed by atoms with Gasteiger partial charge in [-0.25, -0.2) is 0 Å². The van der Waals surface area contributed by atoms with Gasteiger partial charge in [-0.15, -0.1) is 0 Å². The molecule has 1 atom stereocenters. The van der Waals surface area contributed by atoms with Crippen molar-refractivity contribution in [3.63, 3.8) is 0 Å². The molecule has 0 aliphatic carbocycles. The predicted molar refractivity (Wildman–Crippen MR) is 48.4 cm³/mol. The van der Waals surface area contributed by atoms with Crippen LogP contribution in [0, 0.1) is 5.92 Å². The second-order valence-electron chi connectivity index (χ2n) is 3.20. The Hall–Kier alpha value is -0.610. The van der Waals surface area contributed by atoms with E-state index in [1.807, 2.05) is 0 Å². The van der Waals surface area contributed by atoms with Crippen molar-refractivity contribution in [2.75, 3.05) is 33.4 Å². The lowest BCUT2D eigenvalue weighted by molar-refractivity contribution is -0.150. The van der Waals surface area contributed by atoms with Gasteiger partial charge in [0, 0.05) is 13.7 Å². The first-order valence-electron chi connectivity index (χ1n) is 4.71. The van der Waals surface area contributed by atoms with Crippen LogP contribution in [0.2, 0.25) is 0 Å². The molecule has 1 heterocycles. The van der Waals surface area contributed by atoms with Gasteiger partial charge in [-0.2, -0.15) is 0 Å². The molecule has 4 heteroatoms. The number of methoxy groups -OCH3 is 1. The molecule has 0 bridgehead atoms. The molecule has 1 N–H and O–H groups in total. The molecule has 1 saturated heterocycles. The molecule has 0 unspecified atom stereocenters. The summed E-state index contributed by atoms with van der Waals surface area (Å²) in [7, 11) is 1.59. The molecule has 13 heavy (non-hydrogen) atoms. The Labute approximate surface area is 78.6 Å². The van der Waals surface area contributed by atoms with E-state index in [2.05, 4.69) is 5.32 Å². The maximum absolute atomic E-state index is 11.4. The van der Waals surface area contributed by atoms with E-state index in [1.54, 1.807) is 7.11 Å². The molecule has 1 aliphatic heterocycles. The largest absolute Gasteiger partial charge is 0.463 e. The first-order valence-corrected chi connectivity index (χ1v) is 4.71. The van der Waals surface area contributed by atoms with E-state index in [9.17, 15) is 4.79 Å². The van der Waals surface area contributed by atoms with E-state index in [-0.39, 0.29) is 11.9 Å². The van der Waals surface area contributed by atoms with Crippen molar-refractivity contribution in [1.82, 2.24) is 5.32 Å². The van der Waals surface area contributed by atoms with E-state index in [1.165, 1.54) is 0 Å². The number of esters is 1. The van der Waals surface area contributed by atoms with Crippen LogP contribution in [0.4, 0.5) is 0 Å². The van der Waals surface area contributed by atoms with Crippen LogP contribution in [-0.4, -0.2) is 39.4 Å². The fraction of sp³-hybridized carbons (Fsp3) is 0.889. The monoisotopic (exact) mass is 187 g/mol. The number of nitrogens with one attached hydrogen (secondary N) is 1. The van der Waals surface area contributed by atoms with Crippen LogP contribution in [0.25, 0.3) is 0 Å². The molecule has 4 nitrogen and oxygen atoms in total. The highest BCUT2D eigenvalue weighted by atomic mass is 16.6. The van der Waals surface area contributed by atoms with Crippen LogP contribution in [0.3, 0.4) is 0 Å². The average molecular weight is 187 g/mol. The van der Waals surface area contributed by atoms with Gasteiger partial charge in [0.05, 0.1) is 12.5 Å². The van der Waals surface area contributed by atoms with Crippen molar-refractivity contribution in [2.45, 2.75) is 12.8 Å². The van der Waals surface area contributed by atoms with Crippen molar-refractivity contribution in [3.8, 4) is 0 Å². The van der Waals surface area contributed by atoms with Crippen LogP contribution in [0.1, 0.15) is 12.8 Å². The molecule has 76 valence electrons. The zero-order chi connectivity index (χ0) is 9.52. The van der Waals surface area contributed by atoms with Crippen LogP contribution >= 0.6 is 0 Å². The lowest BCUT2D eigenvalue weighted by atomic mass is 10.0. The molecular formula is C9H17NO3. The fourth-order valence-corrected chi connectivity index (χ4v) is 1.40. The zero-order valence-corrected chi connectivity index (χ0v) is 8.04. The summed E-state index contributed by atoms with van der Waals surface area (Å²) < 4.78 is 9.80. The molecule has 0 aromatic rings. The van der Waals surface area contributed by atoms with Gasteiger partial charge >= 0.3 is 5.97 Å². The summed E-state index contributed by atoms with van der Waals surface area (Å²) in [6.07, 6.45) is 2.00. The minimum Gasteiger partial charge on any atom is -0.463 e. The Bertz CT molecular complexity index is 155. The molecule has 0 aromatic heterocycles. The van der Waals surface area contributed by atoms with Crippen molar-refractivity contribution in [2.24, 2.45) is 5.92 Å². The standard InChI is InChI=1S/C9H17NO3/c1-12-5-6-13-9(11)8-3-2-4-10-7-8/h8,10H,2-7H2,1H3/t8-/m0/s1. The topological polar surface area (TPSA) is 47.6 Å². The Morgan fingerprint density at radius 3 is 3.00 bits per heavy atom. The fourth-order valence-electron chi connectivity index (χ4n) is 1.40. The Kier molecular flexibility index (Phi) is 4.78. The summed E-state index contributed by atoms with van der Waals surface area (Å²) in [4.78, 5) is 11.4. The smallest absolute Gasteiger partial charge is 0.310 e. The number of hydrogen-bond acceptors (Lipinski definition) is 4. The number of carbonyl (C=O) groups excluding carboxylic acids is 1. The molecule has 0 saturated carbocycles. The van der Waals surface area contributed by atoms with Crippen molar-refractivity contribution < 1.29 is 14.3 Å². The highest BCUT2D eigenvalue weighted by Gasteiger charge is 2.21. The Morgan fingerprint density at radius 1 is 1.54 bits per heavy atom. The van der Waals surface area contributed by atoms with E-state index >= 15 is 0 Å². The quantitative estimate of drug-likeness (QED) is 0.503. The summed E-state index contributed by atoms with van der Waals surface area (Å²) in [6.45, 7) is 2.62. The van der Waals surface area contributed by atoms with Crippen molar-refractivity contribution >= 4 is 5.97 Å². The van der Waals surface area contributed by atoms with Crippen LogP contribution in [-0.2, 0) is 14.3 Å². The number of rotatable bonds is 4. The van der Waals surface area contributed by atoms with Crippen molar-refractivity contribution in [1.29, 1.82) is 0 Å². The van der Waals surface area contributed by atoms with Gasteiger partial charge in [-0.05, 0) is 19.4 Å². The van der Waals surface area contributed by atoms with Gasteiger partial charge in [0.25, 0.3) is 0 Å². The summed E-state index contributed by atoms with van der Waals surface area (Å²) in [5.41, 5.74) is 0. The molecule has 0 aromatic carbocycles. The second kappa shape index (κ2) is 5.94. The third-order valence-electron chi connectivity index (χ3n) is 2.16. The summed E-state index contributed by atoms with van der Waals surface area (Å²) in [5.74, 6) is -0.0464. The van der Waals surface area contributed by atoms with Gasteiger partial charge in [0.1, 0.15) is 6.61 Å². The third kappa shape index (κ3) is 3.74. The van der Waals surface area contributed by atoms with E-state index in [0.29, 0.717) is 13.2 Å². The van der Waals surface area contributed by atoms with Crippen LogP contribution in [0.15, 0.2) is 0 Å². The molecule has 0 spiro atoms. The normalized spacial score (nSPS) is 22.7. The van der Waals surface area contributed by atoms with Crippen LogP contribution in [0.5, 0.6) is 0 Å². The van der Waals surface area contributed by atoms with Gasteiger partial charge in [-0.1, -0.05) is 0 Å². The predicted octanol–water partition coefficient (Wildman–Crippen LogP) is 0.176. The number of carbonyl (C=O) groups is 1. The van der Waals surface area contributed by atoms with Gasteiger partial charge in [0.2, 0.25) is 0 Å². The van der Waals surface area contributed by atoms with Gasteiger partial charge in [-0.3, -0.25) is 4.79 Å². The van der Waals surface area contributed by atoms with E-state index < -0.39 is 0 Å². The van der Waals surface area contributed by atoms with Crippen LogP contribution < -0.4 is 5.32 Å². The molecule has 0 amide bonds. The lowest BCUT2D eigenvalue weighted by Gasteiger charge is -2.20. The molecule has 1 aliphatic rings. The third-order valence-corrected chi connectivity index (χ3v) is 2.16. The SMILES string of the molecule is COCCOC(=O)[C@H]1CCCNC1. The van der Waals surface area contributed by atoms with Gasteiger partial charge in [0.15, 0.2) is 0 Å². The first-order chi connectivity index (χ1) is 6.34. The average Bonchev–Trinajstić information content (AvgIpc) is 2.19. The number of hydrogen-bond donors (Lipinski definition) is 1. The van der Waals surface area contributed by atoms with E-state index in [4.69, 9.17) is 9.47 Å². The lowest BCUT2D eigenvalue weighted by Crippen LogP contribution is -2.35. The van der Waals surface area contributed by atoms with E-state index in [0.717, 1.165) is 25.9 Å². The summed E-state index contributed by atoms with van der Waals surface area (Å²) in [6, 6.07) is 0. The maximum Gasteiger partial charge on any atom is 0.310 e. The highest BCUT2D eigenvalue weighted by Crippen LogP contribution is 2.11. The molecule has 0 radical (unpaired) electrons. The zero-order valence-electron chi connectivity index (χ0n) is 8.04. The molecule has 1 rings (SSSR count). The van der Waals surface area contributed by atoms with Crippen molar-refractivity contribution in [3.05, 3.63) is 0 Å². The molecule has 1 fully saturated rings. The minimum absolute atomic E-state index is 0.0469. The Balaban J connectivity index is 2.13. The molecular weight excluding hydrogens is 170 g/mol. The Morgan fingerprint density at radius 2 is 2.38 bits per heavy atom. The first kappa shape index (κ1) is 10.5.